The third-order valence-electron chi connectivity index (χ3n) is 3.90. The standard InChI is InChI=1S/C14H20N4S/c1-11-6-16-17-14(11)5-12-3-2-4-18(7-12)8-13-9-19-10-15-13/h6,9-10,12H,2-5,7-8H2,1H3,(H,16,17). The number of nitrogens with one attached hydrogen (secondary N) is 1. The van der Waals surface area contributed by atoms with Gasteiger partial charge in [-0.15, -0.1) is 11.3 Å². The van der Waals surface area contributed by atoms with E-state index in [4.69, 9.17) is 0 Å². The highest BCUT2D eigenvalue weighted by Crippen LogP contribution is 2.22. The van der Waals surface area contributed by atoms with Gasteiger partial charge in [0.2, 0.25) is 0 Å². The summed E-state index contributed by atoms with van der Waals surface area (Å²) < 4.78 is 0. The highest BCUT2D eigenvalue weighted by molar-refractivity contribution is 7.07. The number of hydrogen-bond acceptors (Lipinski definition) is 4. The molecule has 4 nitrogen and oxygen atoms in total. The smallest absolute Gasteiger partial charge is 0.0795 e. The number of aromatic nitrogens is 3. The van der Waals surface area contributed by atoms with Crippen molar-refractivity contribution in [1.29, 1.82) is 0 Å². The summed E-state index contributed by atoms with van der Waals surface area (Å²) in [6, 6.07) is 0. The minimum Gasteiger partial charge on any atom is -0.297 e. The van der Waals surface area contributed by atoms with E-state index >= 15 is 0 Å². The summed E-state index contributed by atoms with van der Waals surface area (Å²) in [4.78, 5) is 6.92. The molecule has 1 saturated heterocycles. The Morgan fingerprint density at radius 2 is 2.47 bits per heavy atom. The fourth-order valence-corrected chi connectivity index (χ4v) is 3.42. The van der Waals surface area contributed by atoms with Crippen molar-refractivity contribution in [2.24, 2.45) is 5.92 Å². The molecule has 1 aliphatic rings. The molecule has 1 unspecified atom stereocenters. The van der Waals surface area contributed by atoms with Gasteiger partial charge in [0.1, 0.15) is 0 Å². The van der Waals surface area contributed by atoms with E-state index in [-0.39, 0.29) is 0 Å². The Hall–Kier alpha value is -1.20. The van der Waals surface area contributed by atoms with Gasteiger partial charge in [-0.1, -0.05) is 0 Å². The number of likely N-dealkylation sites (tertiary alicyclic amines) is 1. The van der Waals surface area contributed by atoms with Crippen molar-refractivity contribution in [2.45, 2.75) is 32.7 Å². The van der Waals surface area contributed by atoms with E-state index in [2.05, 4.69) is 32.4 Å². The predicted octanol–water partition coefficient (Wildman–Crippen LogP) is 2.63. The summed E-state index contributed by atoms with van der Waals surface area (Å²) in [6.45, 7) is 5.52. The van der Waals surface area contributed by atoms with Gasteiger partial charge in [-0.05, 0) is 44.2 Å². The van der Waals surface area contributed by atoms with Crippen LogP contribution in [0.2, 0.25) is 0 Å². The zero-order chi connectivity index (χ0) is 13.1. The Labute approximate surface area is 117 Å². The van der Waals surface area contributed by atoms with Crippen LogP contribution in [-0.2, 0) is 13.0 Å². The lowest BCUT2D eigenvalue weighted by atomic mass is 9.92. The van der Waals surface area contributed by atoms with Crippen LogP contribution in [0.1, 0.15) is 29.8 Å². The van der Waals surface area contributed by atoms with Crippen molar-refractivity contribution in [3.63, 3.8) is 0 Å². The predicted molar refractivity (Wildman–Crippen MR) is 77.1 cm³/mol. The fourth-order valence-electron chi connectivity index (χ4n) is 2.87. The number of aryl methyl sites for hydroxylation is 1. The van der Waals surface area contributed by atoms with E-state index in [1.807, 2.05) is 11.7 Å². The van der Waals surface area contributed by atoms with Crippen LogP contribution < -0.4 is 0 Å². The number of thiazole rings is 1. The molecule has 0 saturated carbocycles. The quantitative estimate of drug-likeness (QED) is 0.933. The summed E-state index contributed by atoms with van der Waals surface area (Å²) in [6.07, 6.45) is 5.67. The molecule has 0 radical (unpaired) electrons. The summed E-state index contributed by atoms with van der Waals surface area (Å²) in [7, 11) is 0. The van der Waals surface area contributed by atoms with Crippen LogP contribution in [0.25, 0.3) is 0 Å². The highest BCUT2D eigenvalue weighted by Gasteiger charge is 2.21. The molecule has 2 aromatic rings. The molecule has 3 heterocycles. The van der Waals surface area contributed by atoms with Crippen LogP contribution in [0.4, 0.5) is 0 Å². The van der Waals surface area contributed by atoms with E-state index in [9.17, 15) is 0 Å². The summed E-state index contributed by atoms with van der Waals surface area (Å²) >= 11 is 1.68. The topological polar surface area (TPSA) is 44.8 Å². The Morgan fingerprint density at radius 1 is 1.53 bits per heavy atom. The van der Waals surface area contributed by atoms with E-state index in [1.165, 1.54) is 42.9 Å². The van der Waals surface area contributed by atoms with Gasteiger partial charge in [0.15, 0.2) is 0 Å². The average Bonchev–Trinajstić information content (AvgIpc) is 3.03. The molecule has 2 aromatic heterocycles. The molecular formula is C14H20N4S. The second-order valence-corrected chi connectivity index (χ2v) is 6.18. The van der Waals surface area contributed by atoms with Crippen LogP contribution in [0, 0.1) is 12.8 Å². The lowest BCUT2D eigenvalue weighted by Gasteiger charge is -2.32. The maximum Gasteiger partial charge on any atom is 0.0795 e. The molecule has 0 spiro atoms. The van der Waals surface area contributed by atoms with E-state index in [0.717, 1.165) is 18.9 Å². The Morgan fingerprint density at radius 3 is 3.21 bits per heavy atom. The number of nitrogens with zero attached hydrogens (tertiary/aromatic N) is 3. The SMILES string of the molecule is Cc1cn[nH]c1CC1CCCN(Cc2cscn2)C1. The third-order valence-corrected chi connectivity index (χ3v) is 4.53. The van der Waals surface area contributed by atoms with Crippen molar-refractivity contribution in [3.8, 4) is 0 Å². The lowest BCUT2D eigenvalue weighted by Crippen LogP contribution is -2.35. The summed E-state index contributed by atoms with van der Waals surface area (Å²) in [5.41, 5.74) is 5.73. The third kappa shape index (κ3) is 3.22. The monoisotopic (exact) mass is 276 g/mol. The molecule has 1 fully saturated rings. The first-order valence-corrected chi connectivity index (χ1v) is 7.84. The molecule has 102 valence electrons. The van der Waals surface area contributed by atoms with Crippen molar-refractivity contribution < 1.29 is 0 Å². The molecule has 1 aliphatic heterocycles. The van der Waals surface area contributed by atoms with Crippen LogP contribution >= 0.6 is 11.3 Å². The summed E-state index contributed by atoms with van der Waals surface area (Å²) in [5, 5.41) is 9.41. The largest absolute Gasteiger partial charge is 0.297 e. The van der Waals surface area contributed by atoms with Crippen LogP contribution in [-0.4, -0.2) is 33.2 Å². The molecular weight excluding hydrogens is 256 g/mol. The second-order valence-electron chi connectivity index (χ2n) is 5.46. The number of rotatable bonds is 4. The highest BCUT2D eigenvalue weighted by atomic mass is 32.1. The Balaban J connectivity index is 1.57. The van der Waals surface area contributed by atoms with E-state index in [0.29, 0.717) is 0 Å². The molecule has 0 amide bonds. The minimum atomic E-state index is 0.742. The van der Waals surface area contributed by atoms with Crippen molar-refractivity contribution in [2.75, 3.05) is 13.1 Å². The zero-order valence-electron chi connectivity index (χ0n) is 11.3. The molecule has 5 heteroatoms. The first-order valence-electron chi connectivity index (χ1n) is 6.89. The van der Waals surface area contributed by atoms with Crippen molar-refractivity contribution in [3.05, 3.63) is 34.0 Å². The minimum absolute atomic E-state index is 0.742. The van der Waals surface area contributed by atoms with Crippen LogP contribution in [0.15, 0.2) is 17.1 Å². The lowest BCUT2D eigenvalue weighted by molar-refractivity contribution is 0.165. The van der Waals surface area contributed by atoms with E-state index < -0.39 is 0 Å². The second kappa shape index (κ2) is 5.84. The van der Waals surface area contributed by atoms with Gasteiger partial charge in [0.05, 0.1) is 17.4 Å². The number of H-pyrrole nitrogens is 1. The molecule has 0 aliphatic carbocycles. The molecule has 1 N–H and O–H groups in total. The van der Waals surface area contributed by atoms with Crippen LogP contribution in [0.3, 0.4) is 0 Å². The molecule has 19 heavy (non-hydrogen) atoms. The van der Waals surface area contributed by atoms with Gasteiger partial charge >= 0.3 is 0 Å². The molecule has 1 atom stereocenters. The summed E-state index contributed by atoms with van der Waals surface area (Å²) in [5.74, 6) is 0.742. The maximum absolute atomic E-state index is 4.39. The number of piperidine rings is 1. The molecule has 3 rings (SSSR count). The number of aromatic amines is 1. The van der Waals surface area contributed by atoms with E-state index in [1.54, 1.807) is 11.3 Å². The van der Waals surface area contributed by atoms with Gasteiger partial charge in [-0.3, -0.25) is 10.00 Å². The zero-order valence-corrected chi connectivity index (χ0v) is 12.1. The van der Waals surface area contributed by atoms with Crippen molar-refractivity contribution >= 4 is 11.3 Å². The Kier molecular flexibility index (Phi) is 3.94. The first-order chi connectivity index (χ1) is 9.31. The van der Waals surface area contributed by atoms with Gasteiger partial charge in [-0.25, -0.2) is 4.98 Å². The van der Waals surface area contributed by atoms with Gasteiger partial charge < -0.3 is 0 Å². The molecule has 0 bridgehead atoms. The van der Waals surface area contributed by atoms with Gasteiger partial charge in [-0.2, -0.15) is 5.10 Å². The average molecular weight is 276 g/mol. The Bertz CT molecular complexity index is 505. The van der Waals surface area contributed by atoms with Gasteiger partial charge in [0.25, 0.3) is 0 Å². The van der Waals surface area contributed by atoms with Gasteiger partial charge in [0, 0.05) is 24.2 Å². The van der Waals surface area contributed by atoms with Crippen LogP contribution in [0.5, 0.6) is 0 Å². The maximum atomic E-state index is 4.39. The molecule has 0 aromatic carbocycles. The number of hydrogen-bond donors (Lipinski definition) is 1. The van der Waals surface area contributed by atoms with Crippen molar-refractivity contribution in [1.82, 2.24) is 20.1 Å². The first kappa shape index (κ1) is 12.8. The normalized spacial score (nSPS) is 20.8. The fraction of sp³-hybridized carbons (Fsp3) is 0.571.